The Morgan fingerprint density at radius 1 is 1.17 bits per heavy atom. The van der Waals surface area contributed by atoms with Gasteiger partial charge in [-0.15, -0.1) is 0 Å². The summed E-state index contributed by atoms with van der Waals surface area (Å²) in [6.07, 6.45) is 11.3. The first-order valence-corrected chi connectivity index (χ1v) is 9.14. The largest absolute Gasteiger partial charge is 0.508 e. The summed E-state index contributed by atoms with van der Waals surface area (Å²) in [4.78, 5) is 25.1. The van der Waals surface area contributed by atoms with Crippen molar-refractivity contribution in [3.05, 3.63) is 35.6 Å². The van der Waals surface area contributed by atoms with Crippen molar-refractivity contribution in [2.75, 3.05) is 0 Å². The van der Waals surface area contributed by atoms with Gasteiger partial charge < -0.3 is 5.11 Å². The summed E-state index contributed by atoms with van der Waals surface area (Å²) in [5.74, 6) is 1.42. The predicted octanol–water partition coefficient (Wildman–Crippen LogP) is 4.16. The second-order valence-corrected chi connectivity index (χ2v) is 8.71. The van der Waals surface area contributed by atoms with Crippen molar-refractivity contribution in [2.24, 2.45) is 34.5 Å². The molecule has 0 aliphatic heterocycles. The molecule has 128 valence electrons. The van der Waals surface area contributed by atoms with Gasteiger partial charge in [-0.2, -0.15) is 0 Å². The number of carbonyl (C=O) groups is 2. The molecule has 0 aromatic rings. The maximum Gasteiger partial charge on any atom is 0.159 e. The molecule has 0 unspecified atom stereocenters. The van der Waals surface area contributed by atoms with Crippen molar-refractivity contribution in [2.45, 2.75) is 46.5 Å². The molecular weight excluding hydrogens is 300 g/mol. The Morgan fingerprint density at radius 3 is 2.62 bits per heavy atom. The van der Waals surface area contributed by atoms with Crippen LogP contribution in [-0.4, -0.2) is 16.7 Å². The number of ketones is 2. The van der Waals surface area contributed by atoms with Crippen LogP contribution in [0.3, 0.4) is 0 Å². The molecule has 0 aromatic carbocycles. The normalized spacial score (nSPS) is 46.5. The van der Waals surface area contributed by atoms with E-state index in [2.05, 4.69) is 19.9 Å². The van der Waals surface area contributed by atoms with Gasteiger partial charge in [-0.1, -0.05) is 19.9 Å². The van der Waals surface area contributed by atoms with Crippen molar-refractivity contribution >= 4 is 11.6 Å². The number of fused-ring (bicyclic) bond motifs is 5. The van der Waals surface area contributed by atoms with E-state index in [4.69, 9.17) is 0 Å². The fraction of sp³-hybridized carbons (Fsp3) is 0.619. The molecule has 0 aromatic heterocycles. The van der Waals surface area contributed by atoms with Gasteiger partial charge in [0.15, 0.2) is 5.78 Å². The molecule has 0 radical (unpaired) electrons. The highest BCUT2D eigenvalue weighted by molar-refractivity contribution is 5.95. The number of allylic oxidation sites excluding steroid dienone is 5. The first kappa shape index (κ1) is 15.9. The lowest BCUT2D eigenvalue weighted by atomic mass is 9.48. The lowest BCUT2D eigenvalue weighted by molar-refractivity contribution is -0.136. The average molecular weight is 326 g/mol. The molecule has 4 rings (SSSR count). The Kier molecular flexibility index (Phi) is 3.26. The molecule has 24 heavy (non-hydrogen) atoms. The molecule has 1 N–H and O–H groups in total. The number of rotatable bonds is 1. The number of carbonyl (C=O) groups excluding carboxylic acids is 2. The Bertz CT molecular complexity index is 713. The van der Waals surface area contributed by atoms with Gasteiger partial charge in [0.2, 0.25) is 0 Å². The van der Waals surface area contributed by atoms with Gasteiger partial charge in [0.05, 0.1) is 0 Å². The zero-order valence-electron chi connectivity index (χ0n) is 14.7. The van der Waals surface area contributed by atoms with Gasteiger partial charge in [-0.3, -0.25) is 9.59 Å². The lowest BCUT2D eigenvalue weighted by Gasteiger charge is -2.54. The highest BCUT2D eigenvalue weighted by Gasteiger charge is 2.60. The highest BCUT2D eigenvalue weighted by atomic mass is 16.3. The summed E-state index contributed by atoms with van der Waals surface area (Å²) in [6, 6.07) is 0. The number of aliphatic hydroxyl groups excluding tert-OH is 1. The van der Waals surface area contributed by atoms with E-state index < -0.39 is 0 Å². The third-order valence-corrected chi connectivity index (χ3v) is 7.68. The quantitative estimate of drug-likeness (QED) is 0.787. The van der Waals surface area contributed by atoms with E-state index in [0.29, 0.717) is 5.92 Å². The van der Waals surface area contributed by atoms with Gasteiger partial charge in [0.1, 0.15) is 11.5 Å². The summed E-state index contributed by atoms with van der Waals surface area (Å²) in [6.45, 7) is 6.15. The molecule has 0 saturated heterocycles. The van der Waals surface area contributed by atoms with Crippen LogP contribution < -0.4 is 0 Å². The van der Waals surface area contributed by atoms with E-state index >= 15 is 0 Å². The first-order valence-electron chi connectivity index (χ1n) is 9.14. The molecule has 4 aliphatic carbocycles. The second-order valence-electron chi connectivity index (χ2n) is 8.71. The Balaban J connectivity index is 1.77. The van der Waals surface area contributed by atoms with Crippen molar-refractivity contribution < 1.29 is 14.7 Å². The molecule has 0 spiro atoms. The molecule has 3 heteroatoms. The molecule has 0 heterocycles. The van der Waals surface area contributed by atoms with Gasteiger partial charge in [-0.05, 0) is 73.7 Å². The molecule has 0 amide bonds. The Hall–Kier alpha value is -1.64. The second kappa shape index (κ2) is 4.93. The third-order valence-electron chi connectivity index (χ3n) is 7.68. The number of Topliss-reactive ketones (excluding diaryl/α,β-unsaturated/α-hetero) is 1. The fourth-order valence-electron chi connectivity index (χ4n) is 6.38. The van der Waals surface area contributed by atoms with Crippen LogP contribution in [0.1, 0.15) is 46.5 Å². The molecule has 6 atom stereocenters. The zero-order valence-corrected chi connectivity index (χ0v) is 14.7. The smallest absolute Gasteiger partial charge is 0.159 e. The lowest BCUT2D eigenvalue weighted by Crippen LogP contribution is -2.52. The van der Waals surface area contributed by atoms with E-state index in [0.717, 1.165) is 31.3 Å². The van der Waals surface area contributed by atoms with Crippen LogP contribution in [0.4, 0.5) is 0 Å². The monoisotopic (exact) mass is 326 g/mol. The molecule has 2 saturated carbocycles. The number of hydrogen-bond donors (Lipinski definition) is 1. The minimum absolute atomic E-state index is 0.0140. The first-order chi connectivity index (χ1) is 11.3. The van der Waals surface area contributed by atoms with Crippen LogP contribution in [0, 0.1) is 34.5 Å². The predicted molar refractivity (Wildman–Crippen MR) is 92.3 cm³/mol. The van der Waals surface area contributed by atoms with Crippen LogP contribution in [0.25, 0.3) is 0 Å². The van der Waals surface area contributed by atoms with Crippen molar-refractivity contribution in [1.82, 2.24) is 0 Å². The minimum Gasteiger partial charge on any atom is -0.508 e. The maximum absolute atomic E-state index is 13.0. The van der Waals surface area contributed by atoms with Crippen molar-refractivity contribution in [1.29, 1.82) is 0 Å². The summed E-state index contributed by atoms with van der Waals surface area (Å²) in [5, 5.41) is 9.82. The number of aliphatic hydroxyl groups is 1. The summed E-state index contributed by atoms with van der Waals surface area (Å²) in [7, 11) is 0. The van der Waals surface area contributed by atoms with Crippen LogP contribution in [0.5, 0.6) is 0 Å². The highest BCUT2D eigenvalue weighted by Crippen LogP contribution is 2.64. The fourth-order valence-corrected chi connectivity index (χ4v) is 6.38. The molecule has 0 bridgehead atoms. The Labute approximate surface area is 143 Å². The standard InChI is InChI=1S/C21H26O3/c1-12(22)15-4-5-16-19-17(7-9-21(15,16)3)20(2)8-6-14(23)10-13(20)11-18(19)24/h6,8,10-11,15-17,19,23H,4-5,7,9H2,1-3H3/t15-,16+,17+,19+,20+,21-/m1/s1. The van der Waals surface area contributed by atoms with E-state index in [-0.39, 0.29) is 45.9 Å². The molecular formula is C21H26O3. The molecule has 4 aliphatic rings. The van der Waals surface area contributed by atoms with Crippen molar-refractivity contribution in [3.63, 3.8) is 0 Å². The van der Waals surface area contributed by atoms with Crippen LogP contribution in [0.15, 0.2) is 35.6 Å². The van der Waals surface area contributed by atoms with E-state index in [1.807, 2.05) is 0 Å². The van der Waals surface area contributed by atoms with Crippen LogP contribution in [-0.2, 0) is 9.59 Å². The van der Waals surface area contributed by atoms with Crippen LogP contribution >= 0.6 is 0 Å². The van der Waals surface area contributed by atoms with Crippen LogP contribution in [0.2, 0.25) is 0 Å². The summed E-state index contributed by atoms with van der Waals surface area (Å²) in [5.41, 5.74) is 0.736. The van der Waals surface area contributed by atoms with Gasteiger partial charge in [0, 0.05) is 17.3 Å². The number of hydrogen-bond acceptors (Lipinski definition) is 3. The van der Waals surface area contributed by atoms with E-state index in [1.54, 1.807) is 25.2 Å². The third kappa shape index (κ3) is 1.90. The summed E-state index contributed by atoms with van der Waals surface area (Å²) < 4.78 is 0. The van der Waals surface area contributed by atoms with Gasteiger partial charge in [-0.25, -0.2) is 0 Å². The minimum atomic E-state index is -0.180. The van der Waals surface area contributed by atoms with Gasteiger partial charge >= 0.3 is 0 Å². The average Bonchev–Trinajstić information content (AvgIpc) is 2.86. The van der Waals surface area contributed by atoms with E-state index in [9.17, 15) is 14.7 Å². The van der Waals surface area contributed by atoms with E-state index in [1.165, 1.54) is 0 Å². The maximum atomic E-state index is 13.0. The summed E-state index contributed by atoms with van der Waals surface area (Å²) >= 11 is 0. The van der Waals surface area contributed by atoms with Gasteiger partial charge in [0.25, 0.3) is 0 Å². The van der Waals surface area contributed by atoms with Crippen molar-refractivity contribution in [3.8, 4) is 0 Å². The molecule has 2 fully saturated rings. The zero-order chi connectivity index (χ0) is 17.3. The Morgan fingerprint density at radius 2 is 1.92 bits per heavy atom. The molecule has 3 nitrogen and oxygen atoms in total. The SMILES string of the molecule is CC(=O)[C@H]1CC[C@H]2[C@@H]3C(=O)C=C4C=C(O)C=C[C@]4(C)[C@H]3CC[C@]12C. The topological polar surface area (TPSA) is 54.4 Å².